The van der Waals surface area contributed by atoms with E-state index in [1.54, 1.807) is 18.9 Å². The van der Waals surface area contributed by atoms with Gasteiger partial charge in [-0.25, -0.2) is 0 Å². The third kappa shape index (κ3) is 5.36. The molecule has 0 atom stereocenters. The number of hydrogen-bond donors (Lipinski definition) is 0. The van der Waals surface area contributed by atoms with E-state index < -0.39 is 0 Å². The molecule has 0 radical (unpaired) electrons. The summed E-state index contributed by atoms with van der Waals surface area (Å²) in [5.74, 6) is 2.43. The fourth-order valence-electron chi connectivity index (χ4n) is 2.89. The summed E-state index contributed by atoms with van der Waals surface area (Å²) in [6, 6.07) is 15.2. The lowest BCUT2D eigenvalue weighted by atomic mass is 10.1. The third-order valence-electron chi connectivity index (χ3n) is 4.32. The summed E-state index contributed by atoms with van der Waals surface area (Å²) in [5.41, 5.74) is 1.63. The number of aromatic nitrogens is 3. The molecule has 3 aromatic rings. The Kier molecular flexibility index (Phi) is 7.66. The van der Waals surface area contributed by atoms with Crippen LogP contribution < -0.4 is 4.74 Å². The van der Waals surface area contributed by atoms with Crippen LogP contribution in [0.5, 0.6) is 5.75 Å². The molecule has 0 amide bonds. The number of thioether (sulfide) groups is 1. The van der Waals surface area contributed by atoms with Crippen LogP contribution >= 0.6 is 27.7 Å². The third-order valence-corrected chi connectivity index (χ3v) is 5.90. The van der Waals surface area contributed by atoms with Crippen molar-refractivity contribution in [3.05, 3.63) is 71.2 Å². The zero-order valence-corrected chi connectivity index (χ0v) is 18.6. The lowest BCUT2D eigenvalue weighted by molar-refractivity contribution is 0.0982. The molecule has 0 fully saturated rings. The number of carbonyl (C=O) groups excluding carboxylic acids is 1. The van der Waals surface area contributed by atoms with E-state index in [1.807, 2.05) is 59.2 Å². The SMILES string of the molecule is C=CCn1c(SCCCC(=O)c2ccc(Br)cc2)nnc1-c1ccccc1OC. The molecule has 3 rings (SSSR count). The van der Waals surface area contributed by atoms with Gasteiger partial charge in [-0.15, -0.1) is 16.8 Å². The molecule has 2 aromatic carbocycles. The number of rotatable bonds is 10. The molecule has 0 aliphatic carbocycles. The zero-order chi connectivity index (χ0) is 20.6. The molecule has 1 aromatic heterocycles. The van der Waals surface area contributed by atoms with Crippen molar-refractivity contribution in [1.29, 1.82) is 0 Å². The van der Waals surface area contributed by atoms with Crippen molar-refractivity contribution in [2.45, 2.75) is 24.5 Å². The van der Waals surface area contributed by atoms with Gasteiger partial charge < -0.3 is 4.74 Å². The van der Waals surface area contributed by atoms with E-state index in [0.29, 0.717) is 13.0 Å². The maximum atomic E-state index is 12.3. The van der Waals surface area contributed by atoms with Gasteiger partial charge in [-0.05, 0) is 30.7 Å². The molecule has 150 valence electrons. The van der Waals surface area contributed by atoms with E-state index in [4.69, 9.17) is 4.74 Å². The van der Waals surface area contributed by atoms with Crippen LogP contribution in [-0.2, 0) is 6.54 Å². The first-order valence-electron chi connectivity index (χ1n) is 9.23. The monoisotopic (exact) mass is 471 g/mol. The maximum Gasteiger partial charge on any atom is 0.191 e. The van der Waals surface area contributed by atoms with Gasteiger partial charge in [0.1, 0.15) is 5.75 Å². The summed E-state index contributed by atoms with van der Waals surface area (Å²) in [6.45, 7) is 4.45. The first-order valence-corrected chi connectivity index (χ1v) is 11.0. The van der Waals surface area contributed by atoms with Crippen LogP contribution in [0.3, 0.4) is 0 Å². The number of allylic oxidation sites excluding steroid dienone is 1. The van der Waals surface area contributed by atoms with Crippen LogP contribution in [0.4, 0.5) is 0 Å². The van der Waals surface area contributed by atoms with Crippen molar-refractivity contribution in [2.75, 3.05) is 12.9 Å². The van der Waals surface area contributed by atoms with Crippen molar-refractivity contribution in [1.82, 2.24) is 14.8 Å². The molecule has 7 heteroatoms. The first kappa shape index (κ1) is 21.3. The highest BCUT2D eigenvalue weighted by atomic mass is 79.9. The Morgan fingerprint density at radius 2 is 1.97 bits per heavy atom. The van der Waals surface area contributed by atoms with Crippen molar-refractivity contribution < 1.29 is 9.53 Å². The van der Waals surface area contributed by atoms with Crippen LogP contribution in [-0.4, -0.2) is 33.4 Å². The molecule has 0 bridgehead atoms. The van der Waals surface area contributed by atoms with Crippen LogP contribution in [0.2, 0.25) is 0 Å². The van der Waals surface area contributed by atoms with Gasteiger partial charge in [0.2, 0.25) is 0 Å². The summed E-state index contributed by atoms with van der Waals surface area (Å²) in [4.78, 5) is 12.3. The largest absolute Gasteiger partial charge is 0.496 e. The maximum absolute atomic E-state index is 12.3. The highest BCUT2D eigenvalue weighted by molar-refractivity contribution is 9.10. The number of carbonyl (C=O) groups is 1. The number of hydrogen-bond acceptors (Lipinski definition) is 5. The number of benzene rings is 2. The molecule has 0 saturated carbocycles. The van der Waals surface area contributed by atoms with E-state index in [9.17, 15) is 4.79 Å². The molecule has 0 spiro atoms. The molecule has 5 nitrogen and oxygen atoms in total. The Labute approximate surface area is 183 Å². The average Bonchev–Trinajstić information content (AvgIpc) is 3.14. The number of ether oxygens (including phenoxy) is 1. The Morgan fingerprint density at radius 1 is 1.21 bits per heavy atom. The highest BCUT2D eigenvalue weighted by Crippen LogP contribution is 2.31. The lowest BCUT2D eigenvalue weighted by Crippen LogP contribution is -2.03. The second-order valence-corrected chi connectivity index (χ2v) is 8.27. The minimum atomic E-state index is 0.153. The summed E-state index contributed by atoms with van der Waals surface area (Å²) < 4.78 is 8.45. The summed E-state index contributed by atoms with van der Waals surface area (Å²) in [5, 5.41) is 9.54. The number of halogens is 1. The van der Waals surface area contributed by atoms with Crippen molar-refractivity contribution >= 4 is 33.5 Å². The van der Waals surface area contributed by atoms with E-state index in [2.05, 4.69) is 32.7 Å². The number of methoxy groups -OCH3 is 1. The normalized spacial score (nSPS) is 10.7. The summed E-state index contributed by atoms with van der Waals surface area (Å²) in [7, 11) is 1.64. The molecule has 0 aliphatic heterocycles. The standard InChI is InChI=1S/C22H22BrN3O2S/c1-3-14-26-21(18-7-4-5-9-20(18)28-2)24-25-22(26)29-15-6-8-19(27)16-10-12-17(23)13-11-16/h3-5,7,9-13H,1,6,8,14-15H2,2H3. The average molecular weight is 472 g/mol. The van der Waals surface area contributed by atoms with E-state index in [1.165, 1.54) is 0 Å². The molecule has 0 unspecified atom stereocenters. The zero-order valence-electron chi connectivity index (χ0n) is 16.2. The summed E-state index contributed by atoms with van der Waals surface area (Å²) >= 11 is 4.98. The molecular formula is C22H22BrN3O2S. The van der Waals surface area contributed by atoms with Gasteiger partial charge in [-0.1, -0.05) is 58.0 Å². The van der Waals surface area contributed by atoms with Gasteiger partial charge in [-0.3, -0.25) is 9.36 Å². The minimum Gasteiger partial charge on any atom is -0.496 e. The molecule has 1 heterocycles. The number of ketones is 1. The van der Waals surface area contributed by atoms with Crippen molar-refractivity contribution in [3.63, 3.8) is 0 Å². The van der Waals surface area contributed by atoms with Gasteiger partial charge in [0.15, 0.2) is 16.8 Å². The minimum absolute atomic E-state index is 0.153. The molecule has 0 N–H and O–H groups in total. The van der Waals surface area contributed by atoms with E-state index in [-0.39, 0.29) is 5.78 Å². The highest BCUT2D eigenvalue weighted by Gasteiger charge is 2.16. The van der Waals surface area contributed by atoms with Gasteiger partial charge in [0.25, 0.3) is 0 Å². The molecule has 0 aliphatic rings. The molecule has 0 saturated heterocycles. The predicted molar refractivity (Wildman–Crippen MR) is 121 cm³/mol. The van der Waals surface area contributed by atoms with Crippen molar-refractivity contribution in [2.24, 2.45) is 0 Å². The van der Waals surface area contributed by atoms with Gasteiger partial charge in [0.05, 0.1) is 12.7 Å². The van der Waals surface area contributed by atoms with E-state index in [0.717, 1.165) is 44.5 Å². The fraction of sp³-hybridized carbons (Fsp3) is 0.227. The fourth-order valence-corrected chi connectivity index (χ4v) is 4.05. The second kappa shape index (κ2) is 10.4. The second-order valence-electron chi connectivity index (χ2n) is 6.29. The summed E-state index contributed by atoms with van der Waals surface area (Å²) in [6.07, 6.45) is 3.09. The smallest absolute Gasteiger partial charge is 0.191 e. The lowest BCUT2D eigenvalue weighted by Gasteiger charge is -2.10. The number of para-hydroxylation sites is 1. The Bertz CT molecular complexity index is 986. The van der Waals surface area contributed by atoms with Gasteiger partial charge >= 0.3 is 0 Å². The molecular weight excluding hydrogens is 450 g/mol. The van der Waals surface area contributed by atoms with Crippen LogP contribution in [0.15, 0.2) is 70.8 Å². The predicted octanol–water partition coefficient (Wildman–Crippen LogP) is 5.66. The Balaban J connectivity index is 1.65. The van der Waals surface area contributed by atoms with Crippen LogP contribution in [0.25, 0.3) is 11.4 Å². The van der Waals surface area contributed by atoms with Crippen molar-refractivity contribution in [3.8, 4) is 17.1 Å². The number of nitrogens with zero attached hydrogens (tertiary/aromatic N) is 3. The Morgan fingerprint density at radius 3 is 2.69 bits per heavy atom. The number of Topliss-reactive ketones (excluding diaryl/α,β-unsaturated/α-hetero) is 1. The quantitative estimate of drug-likeness (QED) is 0.165. The molecule has 29 heavy (non-hydrogen) atoms. The topological polar surface area (TPSA) is 57.0 Å². The van der Waals surface area contributed by atoms with Gasteiger partial charge in [0, 0.05) is 28.8 Å². The van der Waals surface area contributed by atoms with E-state index >= 15 is 0 Å². The van der Waals surface area contributed by atoms with Crippen LogP contribution in [0, 0.1) is 0 Å². The Hall–Kier alpha value is -2.38. The first-order chi connectivity index (χ1) is 14.1. The van der Waals surface area contributed by atoms with Crippen LogP contribution in [0.1, 0.15) is 23.2 Å². The van der Waals surface area contributed by atoms with Gasteiger partial charge in [-0.2, -0.15) is 0 Å².